The first-order valence-corrected chi connectivity index (χ1v) is 7.46. The largest absolute Gasteiger partial charge is 0.488 e. The molecule has 1 aromatic rings. The fraction of sp³-hybridized carbons (Fsp3) is 0.600. The number of hydrogen-bond donors (Lipinski definition) is 1. The average Bonchev–Trinajstić information content (AvgIpc) is 2.82. The lowest BCUT2D eigenvalue weighted by Gasteiger charge is -2.23. The van der Waals surface area contributed by atoms with Gasteiger partial charge in [-0.25, -0.2) is 0 Å². The van der Waals surface area contributed by atoms with Crippen LogP contribution in [0.2, 0.25) is 5.02 Å². The van der Waals surface area contributed by atoms with Gasteiger partial charge in [0.05, 0.1) is 6.10 Å². The molecule has 3 rings (SSSR count). The Hall–Kier alpha value is -0.770. The number of ether oxygens (including phenoxy) is 2. The second-order valence-electron chi connectivity index (χ2n) is 5.34. The Bertz CT molecular complexity index is 432. The van der Waals surface area contributed by atoms with Gasteiger partial charge in [0.2, 0.25) is 0 Å². The van der Waals surface area contributed by atoms with E-state index in [0.717, 1.165) is 36.9 Å². The van der Waals surface area contributed by atoms with Crippen molar-refractivity contribution in [1.29, 1.82) is 0 Å². The number of benzene rings is 1. The van der Waals surface area contributed by atoms with E-state index in [1.165, 1.54) is 24.8 Å². The topological polar surface area (TPSA) is 30.5 Å². The monoisotopic (exact) mass is 281 g/mol. The zero-order valence-electron chi connectivity index (χ0n) is 11.0. The molecule has 0 amide bonds. The van der Waals surface area contributed by atoms with Crippen LogP contribution in [-0.4, -0.2) is 31.9 Å². The van der Waals surface area contributed by atoms with Gasteiger partial charge in [-0.1, -0.05) is 11.6 Å². The van der Waals surface area contributed by atoms with Gasteiger partial charge in [-0.2, -0.15) is 0 Å². The number of hydrogen-bond acceptors (Lipinski definition) is 3. The SMILES string of the molecule is Clc1ccc2c(c1)CC(CNCC1CCCCO1)O2. The minimum atomic E-state index is 0.219. The molecule has 0 radical (unpaired) electrons. The summed E-state index contributed by atoms with van der Waals surface area (Å²) in [6.07, 6.45) is 5.21. The van der Waals surface area contributed by atoms with Crippen molar-refractivity contribution in [3.8, 4) is 5.75 Å². The standard InChI is InChI=1S/C15H20ClNO2/c16-12-4-5-15-11(7-12)8-14(19-15)10-17-9-13-3-1-2-6-18-13/h4-5,7,13-14,17H,1-3,6,8-10H2. The lowest BCUT2D eigenvalue weighted by Crippen LogP contribution is -2.37. The quantitative estimate of drug-likeness (QED) is 0.921. The van der Waals surface area contributed by atoms with Crippen LogP contribution >= 0.6 is 11.6 Å². The molecule has 0 aromatic heterocycles. The van der Waals surface area contributed by atoms with Crippen LogP contribution in [0.15, 0.2) is 18.2 Å². The maximum Gasteiger partial charge on any atom is 0.123 e. The molecule has 104 valence electrons. The van der Waals surface area contributed by atoms with E-state index in [9.17, 15) is 0 Å². The Morgan fingerprint density at radius 3 is 2.95 bits per heavy atom. The molecule has 0 bridgehead atoms. The van der Waals surface area contributed by atoms with E-state index in [2.05, 4.69) is 5.32 Å². The van der Waals surface area contributed by atoms with Gasteiger partial charge < -0.3 is 14.8 Å². The van der Waals surface area contributed by atoms with Crippen molar-refractivity contribution in [2.24, 2.45) is 0 Å². The van der Waals surface area contributed by atoms with Crippen molar-refractivity contribution in [3.05, 3.63) is 28.8 Å². The number of rotatable bonds is 4. The zero-order valence-corrected chi connectivity index (χ0v) is 11.8. The maximum absolute atomic E-state index is 5.99. The zero-order chi connectivity index (χ0) is 13.1. The molecular formula is C15H20ClNO2. The van der Waals surface area contributed by atoms with E-state index in [0.29, 0.717) is 6.10 Å². The Morgan fingerprint density at radius 1 is 1.21 bits per heavy atom. The van der Waals surface area contributed by atoms with Crippen molar-refractivity contribution in [2.45, 2.75) is 37.9 Å². The Morgan fingerprint density at radius 2 is 2.11 bits per heavy atom. The summed E-state index contributed by atoms with van der Waals surface area (Å²) in [7, 11) is 0. The number of halogens is 1. The summed E-state index contributed by atoms with van der Waals surface area (Å²) in [5, 5.41) is 4.25. The molecule has 1 saturated heterocycles. The summed E-state index contributed by atoms with van der Waals surface area (Å²) in [5.74, 6) is 0.977. The van der Waals surface area contributed by atoms with E-state index >= 15 is 0 Å². The summed E-state index contributed by atoms with van der Waals surface area (Å²) in [6, 6.07) is 5.84. The van der Waals surface area contributed by atoms with Crippen LogP contribution in [0.3, 0.4) is 0 Å². The molecule has 2 unspecified atom stereocenters. The fourth-order valence-electron chi connectivity index (χ4n) is 2.78. The van der Waals surface area contributed by atoms with Gasteiger partial charge in [-0.15, -0.1) is 0 Å². The molecule has 1 aromatic carbocycles. The van der Waals surface area contributed by atoms with Crippen LogP contribution in [0.5, 0.6) is 5.75 Å². The smallest absolute Gasteiger partial charge is 0.123 e. The molecule has 19 heavy (non-hydrogen) atoms. The maximum atomic E-state index is 5.99. The molecule has 0 spiro atoms. The van der Waals surface area contributed by atoms with Gasteiger partial charge in [0.15, 0.2) is 0 Å². The van der Waals surface area contributed by atoms with Crippen molar-refractivity contribution in [3.63, 3.8) is 0 Å². The van der Waals surface area contributed by atoms with Crippen molar-refractivity contribution >= 4 is 11.6 Å². The van der Waals surface area contributed by atoms with Gasteiger partial charge in [-0.3, -0.25) is 0 Å². The van der Waals surface area contributed by atoms with Crippen LogP contribution in [0, 0.1) is 0 Å². The Balaban J connectivity index is 1.43. The molecule has 0 aliphatic carbocycles. The van der Waals surface area contributed by atoms with Crippen LogP contribution < -0.4 is 10.1 Å². The molecule has 2 atom stereocenters. The summed E-state index contributed by atoms with van der Waals surface area (Å²) < 4.78 is 11.6. The summed E-state index contributed by atoms with van der Waals surface area (Å²) in [4.78, 5) is 0. The van der Waals surface area contributed by atoms with E-state index in [4.69, 9.17) is 21.1 Å². The highest BCUT2D eigenvalue weighted by Crippen LogP contribution is 2.30. The van der Waals surface area contributed by atoms with E-state index in [1.807, 2.05) is 18.2 Å². The second kappa shape index (κ2) is 6.12. The van der Waals surface area contributed by atoms with Crippen LogP contribution in [0.1, 0.15) is 24.8 Å². The molecule has 2 heterocycles. The van der Waals surface area contributed by atoms with Crippen molar-refractivity contribution < 1.29 is 9.47 Å². The Kier molecular flexibility index (Phi) is 4.26. The summed E-state index contributed by atoms with van der Waals surface area (Å²) in [6.45, 7) is 2.71. The van der Waals surface area contributed by atoms with E-state index in [-0.39, 0.29) is 6.10 Å². The molecule has 3 nitrogen and oxygen atoms in total. The molecule has 1 N–H and O–H groups in total. The highest BCUT2D eigenvalue weighted by Gasteiger charge is 2.23. The molecular weight excluding hydrogens is 262 g/mol. The normalized spacial score (nSPS) is 25.9. The van der Waals surface area contributed by atoms with Gasteiger partial charge in [0, 0.05) is 31.1 Å². The van der Waals surface area contributed by atoms with E-state index in [1.54, 1.807) is 0 Å². The molecule has 0 saturated carbocycles. The predicted molar refractivity (Wildman–Crippen MR) is 76.0 cm³/mol. The third kappa shape index (κ3) is 3.41. The minimum absolute atomic E-state index is 0.219. The lowest BCUT2D eigenvalue weighted by molar-refractivity contribution is 0.0159. The number of fused-ring (bicyclic) bond motifs is 1. The molecule has 2 aliphatic rings. The summed E-state index contributed by atoms with van der Waals surface area (Å²) in [5.41, 5.74) is 1.22. The van der Waals surface area contributed by atoms with Gasteiger partial charge >= 0.3 is 0 Å². The highest BCUT2D eigenvalue weighted by molar-refractivity contribution is 6.30. The first kappa shape index (κ1) is 13.2. The highest BCUT2D eigenvalue weighted by atomic mass is 35.5. The lowest BCUT2D eigenvalue weighted by atomic mass is 10.1. The first-order valence-electron chi connectivity index (χ1n) is 7.08. The third-order valence-corrected chi connectivity index (χ3v) is 4.02. The van der Waals surface area contributed by atoms with Gasteiger partial charge in [-0.05, 0) is 43.0 Å². The fourth-order valence-corrected chi connectivity index (χ4v) is 2.97. The van der Waals surface area contributed by atoms with Gasteiger partial charge in [0.25, 0.3) is 0 Å². The van der Waals surface area contributed by atoms with E-state index < -0.39 is 0 Å². The third-order valence-electron chi connectivity index (χ3n) is 3.78. The molecule has 4 heteroatoms. The van der Waals surface area contributed by atoms with Crippen molar-refractivity contribution in [1.82, 2.24) is 5.32 Å². The van der Waals surface area contributed by atoms with Crippen LogP contribution in [-0.2, 0) is 11.2 Å². The van der Waals surface area contributed by atoms with Crippen LogP contribution in [0.4, 0.5) is 0 Å². The Labute approximate surface area is 119 Å². The molecule has 2 aliphatic heterocycles. The summed E-state index contributed by atoms with van der Waals surface area (Å²) >= 11 is 5.99. The van der Waals surface area contributed by atoms with Crippen molar-refractivity contribution in [2.75, 3.05) is 19.7 Å². The number of nitrogens with one attached hydrogen (secondary N) is 1. The average molecular weight is 282 g/mol. The van der Waals surface area contributed by atoms with Crippen LogP contribution in [0.25, 0.3) is 0 Å². The first-order chi connectivity index (χ1) is 9.31. The minimum Gasteiger partial charge on any atom is -0.488 e. The second-order valence-corrected chi connectivity index (χ2v) is 5.78. The predicted octanol–water partition coefficient (Wildman–Crippen LogP) is 2.80. The van der Waals surface area contributed by atoms with Gasteiger partial charge in [0.1, 0.15) is 11.9 Å². The molecule has 1 fully saturated rings.